The minimum Gasteiger partial charge on any atom is -0.374 e. The minimum absolute atomic E-state index is 0.257. The molecule has 0 aliphatic heterocycles. The second-order valence-corrected chi connectivity index (χ2v) is 3.53. The first kappa shape index (κ1) is 11.2. The van der Waals surface area contributed by atoms with E-state index in [4.69, 9.17) is 0 Å². The highest BCUT2D eigenvalue weighted by Gasteiger charge is 1.89. The van der Waals surface area contributed by atoms with E-state index in [1.807, 2.05) is 30.3 Å². The molecule has 1 N–H and O–H groups in total. The van der Waals surface area contributed by atoms with Gasteiger partial charge in [-0.15, -0.1) is 0 Å². The SMILES string of the molecule is Fc1cccc(C#CCNc2ccccc2)c1. The van der Waals surface area contributed by atoms with Crippen molar-refractivity contribution in [1.82, 2.24) is 0 Å². The normalized spacial score (nSPS) is 9.24. The van der Waals surface area contributed by atoms with Gasteiger partial charge in [-0.2, -0.15) is 0 Å². The molecule has 0 fully saturated rings. The predicted molar refractivity (Wildman–Crippen MR) is 68.2 cm³/mol. The number of halogens is 1. The summed E-state index contributed by atoms with van der Waals surface area (Å²) in [7, 11) is 0. The monoisotopic (exact) mass is 225 g/mol. The van der Waals surface area contributed by atoms with Crippen LogP contribution in [0.2, 0.25) is 0 Å². The maximum Gasteiger partial charge on any atom is 0.124 e. The smallest absolute Gasteiger partial charge is 0.124 e. The second kappa shape index (κ2) is 5.72. The van der Waals surface area contributed by atoms with Crippen molar-refractivity contribution in [2.75, 3.05) is 11.9 Å². The fourth-order valence-electron chi connectivity index (χ4n) is 1.41. The van der Waals surface area contributed by atoms with Gasteiger partial charge in [-0.1, -0.05) is 36.1 Å². The number of hydrogen-bond acceptors (Lipinski definition) is 1. The van der Waals surface area contributed by atoms with Gasteiger partial charge in [-0.05, 0) is 30.3 Å². The Morgan fingerprint density at radius 2 is 1.82 bits per heavy atom. The molecule has 0 aromatic heterocycles. The zero-order chi connectivity index (χ0) is 11.9. The van der Waals surface area contributed by atoms with Gasteiger partial charge in [0.2, 0.25) is 0 Å². The van der Waals surface area contributed by atoms with Crippen LogP contribution in [0, 0.1) is 17.7 Å². The molecule has 17 heavy (non-hydrogen) atoms. The molecule has 0 spiro atoms. The Kier molecular flexibility index (Phi) is 3.77. The molecule has 0 bridgehead atoms. The molecule has 2 aromatic carbocycles. The maximum atomic E-state index is 12.9. The highest BCUT2D eigenvalue weighted by molar-refractivity contribution is 5.44. The summed E-state index contributed by atoms with van der Waals surface area (Å²) in [5.74, 6) is 5.60. The van der Waals surface area contributed by atoms with Crippen LogP contribution < -0.4 is 5.32 Å². The van der Waals surface area contributed by atoms with Crippen LogP contribution in [-0.2, 0) is 0 Å². The summed E-state index contributed by atoms with van der Waals surface area (Å²) < 4.78 is 12.9. The summed E-state index contributed by atoms with van der Waals surface area (Å²) in [5.41, 5.74) is 1.72. The molecule has 1 nitrogen and oxygen atoms in total. The summed E-state index contributed by atoms with van der Waals surface area (Å²) in [6.07, 6.45) is 0. The van der Waals surface area contributed by atoms with Crippen molar-refractivity contribution in [3.05, 3.63) is 66.0 Å². The average molecular weight is 225 g/mol. The van der Waals surface area contributed by atoms with Crippen LogP contribution >= 0.6 is 0 Å². The zero-order valence-electron chi connectivity index (χ0n) is 9.28. The third kappa shape index (κ3) is 3.66. The summed E-state index contributed by atoms with van der Waals surface area (Å²) in [6, 6.07) is 16.1. The zero-order valence-corrected chi connectivity index (χ0v) is 9.28. The predicted octanol–water partition coefficient (Wildman–Crippen LogP) is 3.29. The molecular formula is C15H12FN. The summed E-state index contributed by atoms with van der Waals surface area (Å²) in [5, 5.41) is 3.16. The molecule has 2 rings (SSSR count). The number of benzene rings is 2. The quantitative estimate of drug-likeness (QED) is 0.773. The lowest BCUT2D eigenvalue weighted by atomic mass is 10.2. The van der Waals surface area contributed by atoms with Crippen LogP contribution in [0.15, 0.2) is 54.6 Å². The van der Waals surface area contributed by atoms with E-state index in [-0.39, 0.29) is 5.82 Å². The van der Waals surface area contributed by atoms with Crippen LogP contribution in [0.1, 0.15) is 5.56 Å². The standard InChI is InChI=1S/C15H12FN/c16-14-8-4-6-13(12-14)7-5-11-17-15-9-2-1-3-10-15/h1-4,6,8-10,12,17H,11H2. The first-order chi connectivity index (χ1) is 8.34. The molecule has 0 radical (unpaired) electrons. The van der Waals surface area contributed by atoms with Gasteiger partial charge in [0.05, 0.1) is 6.54 Å². The molecule has 2 heteroatoms. The second-order valence-electron chi connectivity index (χ2n) is 3.53. The van der Waals surface area contributed by atoms with Crippen LogP contribution in [0.25, 0.3) is 0 Å². The first-order valence-electron chi connectivity index (χ1n) is 5.38. The van der Waals surface area contributed by atoms with Crippen molar-refractivity contribution in [2.24, 2.45) is 0 Å². The molecule has 0 amide bonds. The Morgan fingerprint density at radius 1 is 1.00 bits per heavy atom. The number of rotatable bonds is 2. The molecule has 84 valence electrons. The van der Waals surface area contributed by atoms with Crippen LogP contribution in [-0.4, -0.2) is 6.54 Å². The van der Waals surface area contributed by atoms with E-state index in [0.29, 0.717) is 12.1 Å². The van der Waals surface area contributed by atoms with Gasteiger partial charge in [-0.3, -0.25) is 0 Å². The van der Waals surface area contributed by atoms with Gasteiger partial charge in [0, 0.05) is 11.3 Å². The third-order valence-corrected chi connectivity index (χ3v) is 2.21. The number of anilines is 1. The van der Waals surface area contributed by atoms with Gasteiger partial charge in [-0.25, -0.2) is 4.39 Å². The van der Waals surface area contributed by atoms with Crippen LogP contribution in [0.4, 0.5) is 10.1 Å². The van der Waals surface area contributed by atoms with Crippen molar-refractivity contribution in [2.45, 2.75) is 0 Å². The van der Waals surface area contributed by atoms with Crippen LogP contribution in [0.5, 0.6) is 0 Å². The molecule has 0 atom stereocenters. The van der Waals surface area contributed by atoms with Crippen molar-refractivity contribution < 1.29 is 4.39 Å². The maximum absolute atomic E-state index is 12.9. The first-order valence-corrected chi connectivity index (χ1v) is 5.38. The van der Waals surface area contributed by atoms with Gasteiger partial charge in [0.15, 0.2) is 0 Å². The van der Waals surface area contributed by atoms with Crippen molar-refractivity contribution in [1.29, 1.82) is 0 Å². The third-order valence-electron chi connectivity index (χ3n) is 2.21. The van der Waals surface area contributed by atoms with Gasteiger partial charge >= 0.3 is 0 Å². The van der Waals surface area contributed by atoms with Crippen molar-refractivity contribution in [3.63, 3.8) is 0 Å². The molecule has 0 unspecified atom stereocenters. The molecule has 0 saturated carbocycles. The number of para-hydroxylation sites is 1. The molecule has 0 aliphatic carbocycles. The summed E-state index contributed by atoms with van der Waals surface area (Å²) in [4.78, 5) is 0. The molecule has 0 aliphatic rings. The Hall–Kier alpha value is -2.27. The van der Waals surface area contributed by atoms with E-state index in [1.54, 1.807) is 12.1 Å². The number of hydrogen-bond donors (Lipinski definition) is 1. The van der Waals surface area contributed by atoms with Crippen molar-refractivity contribution in [3.8, 4) is 11.8 Å². The van der Waals surface area contributed by atoms with E-state index in [9.17, 15) is 4.39 Å². The van der Waals surface area contributed by atoms with E-state index in [0.717, 1.165) is 5.69 Å². The lowest BCUT2D eigenvalue weighted by Gasteiger charge is -1.99. The lowest BCUT2D eigenvalue weighted by molar-refractivity contribution is 0.627. The van der Waals surface area contributed by atoms with Gasteiger partial charge in [0.25, 0.3) is 0 Å². The molecule has 2 aromatic rings. The number of nitrogens with one attached hydrogen (secondary N) is 1. The van der Waals surface area contributed by atoms with Gasteiger partial charge in [0.1, 0.15) is 5.82 Å². The highest BCUT2D eigenvalue weighted by atomic mass is 19.1. The average Bonchev–Trinajstić information content (AvgIpc) is 2.36. The van der Waals surface area contributed by atoms with E-state index >= 15 is 0 Å². The summed E-state index contributed by atoms with van der Waals surface area (Å²) in [6.45, 7) is 0.542. The fraction of sp³-hybridized carbons (Fsp3) is 0.0667. The summed E-state index contributed by atoms with van der Waals surface area (Å²) >= 11 is 0. The van der Waals surface area contributed by atoms with Crippen molar-refractivity contribution >= 4 is 5.69 Å². The highest BCUT2D eigenvalue weighted by Crippen LogP contribution is 2.04. The molecule has 0 saturated heterocycles. The largest absolute Gasteiger partial charge is 0.374 e. The Labute approximate surface area is 100 Å². The molecule has 0 heterocycles. The van der Waals surface area contributed by atoms with Crippen LogP contribution in [0.3, 0.4) is 0 Å². The lowest BCUT2D eigenvalue weighted by Crippen LogP contribution is -1.97. The minimum atomic E-state index is -0.257. The van der Waals surface area contributed by atoms with E-state index in [2.05, 4.69) is 17.2 Å². The molecular weight excluding hydrogens is 213 g/mol. The Bertz CT molecular complexity index is 538. The fourth-order valence-corrected chi connectivity index (χ4v) is 1.41. The van der Waals surface area contributed by atoms with E-state index in [1.165, 1.54) is 12.1 Å². The Balaban J connectivity index is 1.91. The Morgan fingerprint density at radius 3 is 2.59 bits per heavy atom. The van der Waals surface area contributed by atoms with E-state index < -0.39 is 0 Å². The van der Waals surface area contributed by atoms with Gasteiger partial charge < -0.3 is 5.32 Å². The topological polar surface area (TPSA) is 12.0 Å².